The van der Waals surface area contributed by atoms with Gasteiger partial charge in [0.05, 0.1) is 11.4 Å². The van der Waals surface area contributed by atoms with E-state index in [1.54, 1.807) is 6.92 Å². The Bertz CT molecular complexity index is 1310. The molecule has 1 aromatic heterocycles. The Morgan fingerprint density at radius 1 is 0.657 bits per heavy atom. The molecule has 0 aliphatic carbocycles. The molecule has 0 saturated heterocycles. The monoisotopic (exact) mass is 469 g/mol. The smallest absolute Gasteiger partial charge is 0.188 e. The van der Waals surface area contributed by atoms with Gasteiger partial charge in [0.1, 0.15) is 0 Å². The van der Waals surface area contributed by atoms with Gasteiger partial charge < -0.3 is 5.21 Å². The van der Waals surface area contributed by atoms with Gasteiger partial charge in [-0.05, 0) is 79.6 Å². The number of benzene rings is 3. The van der Waals surface area contributed by atoms with Crippen LogP contribution in [0.25, 0.3) is 21.5 Å². The van der Waals surface area contributed by atoms with Gasteiger partial charge in [-0.2, -0.15) is 4.73 Å². The molecule has 0 fully saturated rings. The van der Waals surface area contributed by atoms with E-state index in [9.17, 15) is 10.0 Å². The van der Waals surface area contributed by atoms with Crippen molar-refractivity contribution in [2.45, 2.75) is 85.0 Å². The van der Waals surface area contributed by atoms with Crippen LogP contribution in [0.1, 0.15) is 79.4 Å². The van der Waals surface area contributed by atoms with Crippen LogP contribution in [0.15, 0.2) is 59.4 Å². The summed E-state index contributed by atoms with van der Waals surface area (Å²) in [7, 11) is 0. The topological polar surface area (TPSA) is 42.2 Å². The van der Waals surface area contributed by atoms with Gasteiger partial charge in [0, 0.05) is 11.1 Å². The summed E-state index contributed by atoms with van der Waals surface area (Å²) >= 11 is 0. The summed E-state index contributed by atoms with van der Waals surface area (Å²) in [5.74, 6) is 0. The molecule has 3 heteroatoms. The first-order valence-electron chi connectivity index (χ1n) is 13.3. The fraction of sp³-hybridized carbons (Fsp3) is 0.406. The predicted molar refractivity (Wildman–Crippen MR) is 148 cm³/mol. The van der Waals surface area contributed by atoms with Crippen molar-refractivity contribution >= 4 is 21.5 Å². The molecule has 0 atom stereocenters. The van der Waals surface area contributed by atoms with Gasteiger partial charge in [0.25, 0.3) is 0 Å². The van der Waals surface area contributed by atoms with E-state index in [1.165, 1.54) is 70.4 Å². The molecule has 1 N–H and O–H groups in total. The molecule has 4 rings (SSSR count). The SMILES string of the molecule is Cc1c(C)n(O)c(CCCCCCCCCCc2c3ccccc3cc3ccccc23)c(C)c1=O. The average Bonchev–Trinajstić information content (AvgIpc) is 2.88. The average molecular weight is 470 g/mol. The van der Waals surface area contributed by atoms with Crippen molar-refractivity contribution in [1.29, 1.82) is 0 Å². The molecule has 1 heterocycles. The van der Waals surface area contributed by atoms with E-state index in [2.05, 4.69) is 54.6 Å². The van der Waals surface area contributed by atoms with Crippen LogP contribution in [-0.2, 0) is 12.8 Å². The number of nitrogens with zero attached hydrogens (tertiary/aromatic N) is 1. The Morgan fingerprint density at radius 3 is 1.71 bits per heavy atom. The lowest BCUT2D eigenvalue weighted by Crippen LogP contribution is -2.21. The zero-order chi connectivity index (χ0) is 24.8. The van der Waals surface area contributed by atoms with Crippen LogP contribution < -0.4 is 5.43 Å². The second kappa shape index (κ2) is 11.6. The van der Waals surface area contributed by atoms with Crippen molar-refractivity contribution in [3.05, 3.63) is 92.9 Å². The van der Waals surface area contributed by atoms with Gasteiger partial charge in [-0.15, -0.1) is 0 Å². The zero-order valence-electron chi connectivity index (χ0n) is 21.6. The second-order valence-electron chi connectivity index (χ2n) is 10.0. The maximum absolute atomic E-state index is 12.3. The third-order valence-electron chi connectivity index (χ3n) is 7.70. The van der Waals surface area contributed by atoms with E-state index < -0.39 is 0 Å². The van der Waals surface area contributed by atoms with Gasteiger partial charge in [0.15, 0.2) is 5.43 Å². The molecule has 0 aliphatic heterocycles. The largest absolute Gasteiger partial charge is 0.428 e. The van der Waals surface area contributed by atoms with Gasteiger partial charge in [-0.25, -0.2) is 0 Å². The Balaban J connectivity index is 1.19. The molecular formula is C32H39NO2. The number of hydrogen-bond donors (Lipinski definition) is 1. The zero-order valence-corrected chi connectivity index (χ0v) is 21.6. The van der Waals surface area contributed by atoms with Crippen molar-refractivity contribution in [1.82, 2.24) is 4.73 Å². The van der Waals surface area contributed by atoms with Gasteiger partial charge in [-0.3, -0.25) is 4.79 Å². The number of rotatable bonds is 11. The normalized spacial score (nSPS) is 11.5. The molecule has 184 valence electrons. The molecule has 3 nitrogen and oxygen atoms in total. The number of hydrogen-bond acceptors (Lipinski definition) is 2. The Labute approximate surface area is 209 Å². The minimum absolute atomic E-state index is 0.0688. The summed E-state index contributed by atoms with van der Waals surface area (Å²) in [4.78, 5) is 12.3. The van der Waals surface area contributed by atoms with Crippen LogP contribution >= 0.6 is 0 Å². The van der Waals surface area contributed by atoms with Crippen molar-refractivity contribution < 1.29 is 5.21 Å². The summed E-state index contributed by atoms with van der Waals surface area (Å²) in [6.45, 7) is 5.42. The minimum atomic E-state index is 0.0688. The molecule has 0 radical (unpaired) electrons. The molecule has 0 unspecified atom stereocenters. The van der Waals surface area contributed by atoms with Crippen LogP contribution in [0.5, 0.6) is 0 Å². The van der Waals surface area contributed by atoms with Crippen molar-refractivity contribution in [2.24, 2.45) is 0 Å². The molecule has 4 aromatic rings. The third kappa shape index (κ3) is 5.61. The fourth-order valence-corrected chi connectivity index (χ4v) is 5.42. The van der Waals surface area contributed by atoms with Crippen LogP contribution in [0.2, 0.25) is 0 Å². The number of pyridine rings is 1. The minimum Gasteiger partial charge on any atom is -0.428 e. The van der Waals surface area contributed by atoms with Gasteiger partial charge in [-0.1, -0.05) is 87.1 Å². The van der Waals surface area contributed by atoms with Crippen LogP contribution in [0.4, 0.5) is 0 Å². The molecule has 0 aliphatic rings. The quantitative estimate of drug-likeness (QED) is 0.137. The number of aryl methyl sites for hydroxylation is 1. The lowest BCUT2D eigenvalue weighted by Gasteiger charge is -2.15. The van der Waals surface area contributed by atoms with Crippen LogP contribution in [0, 0.1) is 20.8 Å². The molecule has 0 spiro atoms. The maximum Gasteiger partial charge on any atom is 0.188 e. The van der Waals surface area contributed by atoms with E-state index in [-0.39, 0.29) is 5.43 Å². The lowest BCUT2D eigenvalue weighted by atomic mass is 9.93. The van der Waals surface area contributed by atoms with E-state index in [4.69, 9.17) is 0 Å². The highest BCUT2D eigenvalue weighted by Gasteiger charge is 2.13. The Morgan fingerprint density at radius 2 is 1.14 bits per heavy atom. The summed E-state index contributed by atoms with van der Waals surface area (Å²) in [6, 6.07) is 19.9. The first-order valence-corrected chi connectivity index (χ1v) is 13.3. The molecule has 3 aromatic carbocycles. The van der Waals surface area contributed by atoms with E-state index in [0.29, 0.717) is 16.8 Å². The summed E-state index contributed by atoms with van der Waals surface area (Å²) in [5.41, 5.74) is 4.34. The molecule has 0 amide bonds. The van der Waals surface area contributed by atoms with E-state index in [1.807, 2.05) is 13.8 Å². The standard InChI is InChI=1S/C32H39NO2/c1-23-25(3)33(35)31(24(2)32(23)34)21-11-9-7-5-4-6-8-10-20-30-28-18-14-12-16-26(28)22-27-17-13-15-19-29(27)30/h12-19,22,35H,4-11,20-21H2,1-3H3. The molecular weight excluding hydrogens is 430 g/mol. The molecule has 0 saturated carbocycles. The maximum atomic E-state index is 12.3. The highest BCUT2D eigenvalue weighted by molar-refractivity contribution is 6.02. The van der Waals surface area contributed by atoms with Crippen molar-refractivity contribution in [2.75, 3.05) is 0 Å². The molecule has 0 bridgehead atoms. The Kier molecular flexibility index (Phi) is 8.28. The van der Waals surface area contributed by atoms with Crippen LogP contribution in [-0.4, -0.2) is 9.94 Å². The number of unbranched alkanes of at least 4 members (excludes halogenated alkanes) is 7. The number of fused-ring (bicyclic) bond motifs is 2. The van der Waals surface area contributed by atoms with Crippen LogP contribution in [0.3, 0.4) is 0 Å². The molecule has 35 heavy (non-hydrogen) atoms. The number of aromatic nitrogens is 1. The second-order valence-corrected chi connectivity index (χ2v) is 10.0. The van der Waals surface area contributed by atoms with Gasteiger partial charge in [0.2, 0.25) is 0 Å². The Hall–Kier alpha value is -3.07. The highest BCUT2D eigenvalue weighted by Crippen LogP contribution is 2.30. The highest BCUT2D eigenvalue weighted by atomic mass is 16.5. The summed E-state index contributed by atoms with van der Waals surface area (Å²) in [5, 5.41) is 15.9. The van der Waals surface area contributed by atoms with Gasteiger partial charge >= 0.3 is 0 Å². The van der Waals surface area contributed by atoms with E-state index in [0.717, 1.165) is 31.4 Å². The first kappa shape index (κ1) is 25.0. The van der Waals surface area contributed by atoms with Crippen molar-refractivity contribution in [3.8, 4) is 0 Å². The first-order chi connectivity index (χ1) is 17.0. The van der Waals surface area contributed by atoms with Crippen molar-refractivity contribution in [3.63, 3.8) is 0 Å². The predicted octanol–water partition coefficient (Wildman–Crippen LogP) is 8.22. The fourth-order valence-electron chi connectivity index (χ4n) is 5.42. The lowest BCUT2D eigenvalue weighted by molar-refractivity contribution is 0.165. The summed E-state index contributed by atoms with van der Waals surface area (Å²) < 4.78 is 1.23. The third-order valence-corrected chi connectivity index (χ3v) is 7.70. The summed E-state index contributed by atoms with van der Waals surface area (Å²) in [6.07, 6.45) is 11.6. The van der Waals surface area contributed by atoms with E-state index >= 15 is 0 Å².